The molecule has 1 aliphatic rings. The third-order valence-corrected chi connectivity index (χ3v) is 10.5. The Morgan fingerprint density at radius 3 is 2.49 bits per heavy atom. The van der Waals surface area contributed by atoms with E-state index < -0.39 is 43.5 Å². The van der Waals surface area contributed by atoms with Crippen LogP contribution in [0.3, 0.4) is 0 Å². The van der Waals surface area contributed by atoms with Crippen LogP contribution in [0.25, 0.3) is 21.3 Å². The van der Waals surface area contributed by atoms with Crippen LogP contribution >= 0.6 is 34.5 Å². The summed E-state index contributed by atoms with van der Waals surface area (Å²) in [5.41, 5.74) is 0.141. The van der Waals surface area contributed by atoms with Crippen LogP contribution in [0.2, 0.25) is 10.0 Å². The van der Waals surface area contributed by atoms with E-state index in [-0.39, 0.29) is 23.2 Å². The monoisotopic (exact) mass is 654 g/mol. The van der Waals surface area contributed by atoms with E-state index in [0.29, 0.717) is 40.4 Å². The molecule has 41 heavy (non-hydrogen) atoms. The molecule has 0 unspecified atom stereocenters. The summed E-state index contributed by atoms with van der Waals surface area (Å²) in [5, 5.41) is 3.87. The molecular formula is C25H27Cl2F3N4O5S2. The smallest absolute Gasteiger partial charge is 0.404 e. The van der Waals surface area contributed by atoms with Gasteiger partial charge in [-0.1, -0.05) is 53.7 Å². The molecule has 0 radical (unpaired) electrons. The van der Waals surface area contributed by atoms with Crippen molar-refractivity contribution in [3.05, 3.63) is 33.8 Å². The number of thiazole rings is 1. The molecular weight excluding hydrogens is 628 g/mol. The van der Waals surface area contributed by atoms with Crippen molar-refractivity contribution in [1.82, 2.24) is 19.8 Å². The Labute approximate surface area is 248 Å². The summed E-state index contributed by atoms with van der Waals surface area (Å²) in [4.78, 5) is 21.2. The molecule has 16 heteroatoms. The summed E-state index contributed by atoms with van der Waals surface area (Å²) in [5.74, 6) is 0.367. The molecule has 0 spiro atoms. The number of hydrogen-bond acceptors (Lipinski definition) is 9. The second-order valence-electron chi connectivity index (χ2n) is 10.5. The number of nitrogens with zero attached hydrogens (tertiary/aromatic N) is 3. The zero-order valence-electron chi connectivity index (χ0n) is 22.4. The van der Waals surface area contributed by atoms with Crippen LogP contribution in [-0.2, 0) is 32.4 Å². The fourth-order valence-electron chi connectivity index (χ4n) is 4.18. The molecule has 0 amide bonds. The van der Waals surface area contributed by atoms with E-state index in [9.17, 15) is 26.4 Å². The van der Waals surface area contributed by atoms with Crippen molar-refractivity contribution >= 4 is 50.5 Å². The highest BCUT2D eigenvalue weighted by Crippen LogP contribution is 2.44. The molecule has 1 aromatic carbocycles. The Morgan fingerprint density at radius 1 is 1.22 bits per heavy atom. The van der Waals surface area contributed by atoms with E-state index in [2.05, 4.69) is 10.1 Å². The van der Waals surface area contributed by atoms with E-state index in [1.807, 2.05) is 0 Å². The average molecular weight is 656 g/mol. The summed E-state index contributed by atoms with van der Waals surface area (Å²) in [6.45, 7) is 4.07. The summed E-state index contributed by atoms with van der Waals surface area (Å²) >= 11 is 14.1. The van der Waals surface area contributed by atoms with Crippen molar-refractivity contribution in [2.24, 2.45) is 11.3 Å². The van der Waals surface area contributed by atoms with Gasteiger partial charge in [-0.05, 0) is 39.2 Å². The van der Waals surface area contributed by atoms with Crippen LogP contribution in [0, 0.1) is 11.3 Å². The molecule has 2 aromatic heterocycles. The zero-order chi connectivity index (χ0) is 30.3. The highest BCUT2D eigenvalue weighted by atomic mass is 35.5. The van der Waals surface area contributed by atoms with Crippen molar-refractivity contribution in [2.45, 2.75) is 70.0 Å². The molecule has 2 heterocycles. The Balaban J connectivity index is 1.70. The number of nitrogens with one attached hydrogen (secondary N) is 1. The van der Waals surface area contributed by atoms with Gasteiger partial charge in [0.1, 0.15) is 10.9 Å². The maximum absolute atomic E-state index is 13.0. The molecule has 1 atom stereocenters. The number of benzene rings is 1. The Bertz CT molecular complexity index is 1550. The number of ether oxygens (including phenoxy) is 1. The van der Waals surface area contributed by atoms with E-state index in [1.165, 1.54) is 24.5 Å². The molecule has 1 saturated carbocycles. The van der Waals surface area contributed by atoms with Crippen molar-refractivity contribution in [3.8, 4) is 21.3 Å². The number of halogens is 5. The lowest BCUT2D eigenvalue weighted by Gasteiger charge is -2.24. The van der Waals surface area contributed by atoms with E-state index in [1.54, 1.807) is 18.6 Å². The van der Waals surface area contributed by atoms with Gasteiger partial charge in [-0.2, -0.15) is 22.9 Å². The number of sulfonamides is 1. The van der Waals surface area contributed by atoms with Gasteiger partial charge in [0.15, 0.2) is 5.01 Å². The lowest BCUT2D eigenvalue weighted by Crippen LogP contribution is -2.43. The second kappa shape index (κ2) is 11.8. The number of hydrogen-bond donors (Lipinski definition) is 1. The average Bonchev–Trinajstić information content (AvgIpc) is 3.48. The minimum atomic E-state index is -4.79. The number of carbonyl (C=O) groups is 1. The number of rotatable bonds is 10. The zero-order valence-corrected chi connectivity index (χ0v) is 25.6. The maximum Gasteiger partial charge on any atom is 0.404 e. The first-order valence-corrected chi connectivity index (χ1v) is 15.6. The highest BCUT2D eigenvalue weighted by Gasteiger charge is 2.39. The molecule has 0 bridgehead atoms. The molecule has 1 fully saturated rings. The summed E-state index contributed by atoms with van der Waals surface area (Å²) in [7, 11) is -3.35. The van der Waals surface area contributed by atoms with E-state index >= 15 is 0 Å². The topological polar surface area (TPSA) is 124 Å². The van der Waals surface area contributed by atoms with Crippen LogP contribution < -0.4 is 4.72 Å². The lowest BCUT2D eigenvalue weighted by atomic mass is 9.82. The van der Waals surface area contributed by atoms with Crippen LogP contribution in [0.4, 0.5) is 13.2 Å². The number of alkyl halides is 3. The van der Waals surface area contributed by atoms with Crippen LogP contribution in [-0.4, -0.2) is 48.8 Å². The number of esters is 1. The van der Waals surface area contributed by atoms with Gasteiger partial charge >= 0.3 is 12.1 Å². The molecule has 4 rings (SSSR count). The number of methoxy groups -OCH3 is 1. The fourth-order valence-corrected chi connectivity index (χ4v) is 7.39. The second-order valence-corrected chi connectivity index (χ2v) is 13.9. The summed E-state index contributed by atoms with van der Waals surface area (Å²) in [6.07, 6.45) is -0.888. The van der Waals surface area contributed by atoms with E-state index in [4.69, 9.17) is 37.4 Å². The van der Waals surface area contributed by atoms with Gasteiger partial charge in [0.05, 0.1) is 33.1 Å². The third kappa shape index (κ3) is 6.87. The molecule has 0 saturated heterocycles. The van der Waals surface area contributed by atoms with E-state index in [0.717, 1.165) is 25.3 Å². The van der Waals surface area contributed by atoms with Gasteiger partial charge in [0.25, 0.3) is 0 Å². The first kappa shape index (κ1) is 31.7. The van der Waals surface area contributed by atoms with Gasteiger partial charge in [-0.3, -0.25) is 4.79 Å². The first-order valence-electron chi connectivity index (χ1n) is 12.5. The molecule has 1 aliphatic carbocycles. The lowest BCUT2D eigenvalue weighted by molar-refractivity contribution is -0.151. The van der Waals surface area contributed by atoms with Crippen LogP contribution in [0.15, 0.2) is 21.6 Å². The van der Waals surface area contributed by atoms with Crippen molar-refractivity contribution < 1.29 is 35.6 Å². The van der Waals surface area contributed by atoms with Crippen molar-refractivity contribution in [3.63, 3.8) is 0 Å². The Kier molecular flexibility index (Phi) is 9.11. The molecule has 3 aromatic rings. The predicted molar refractivity (Wildman–Crippen MR) is 147 cm³/mol. The maximum atomic E-state index is 13.0. The molecule has 9 nitrogen and oxygen atoms in total. The quantitative estimate of drug-likeness (QED) is 0.246. The third-order valence-electron chi connectivity index (χ3n) is 6.80. The SMILES string of the molecule is COC(=O)C(C)(C)Cc1nc(-c2nc(CC3CCC3)c(-c3ccc(S(=O)(=O)N[C@@H](C)C(F)(F)F)c(Cl)c3Cl)s2)no1. The van der Waals surface area contributed by atoms with Gasteiger partial charge in [-0.25, -0.2) is 13.4 Å². The largest absolute Gasteiger partial charge is 0.469 e. The van der Waals surface area contributed by atoms with Crippen LogP contribution in [0.1, 0.15) is 51.6 Å². The van der Waals surface area contributed by atoms with Gasteiger partial charge < -0.3 is 9.26 Å². The summed E-state index contributed by atoms with van der Waals surface area (Å²) in [6, 6.07) is 0.171. The molecule has 0 aliphatic heterocycles. The Morgan fingerprint density at radius 2 is 1.90 bits per heavy atom. The predicted octanol–water partition coefficient (Wildman–Crippen LogP) is 6.48. The molecule has 1 N–H and O–H groups in total. The minimum absolute atomic E-state index is 0.137. The van der Waals surface area contributed by atoms with Crippen molar-refractivity contribution in [1.29, 1.82) is 0 Å². The number of carbonyl (C=O) groups excluding carboxylic acids is 1. The first-order chi connectivity index (χ1) is 19.0. The van der Waals surface area contributed by atoms with Gasteiger partial charge in [0.2, 0.25) is 21.7 Å². The highest BCUT2D eigenvalue weighted by molar-refractivity contribution is 7.89. The minimum Gasteiger partial charge on any atom is -0.469 e. The fraction of sp³-hybridized carbons (Fsp3) is 0.520. The van der Waals surface area contributed by atoms with Crippen molar-refractivity contribution in [2.75, 3.05) is 7.11 Å². The standard InChI is InChI=1S/C25H27Cl2F3N4O5S2/c1-12(25(28,29)30)34-41(36,37)16-9-8-14(18(26)19(16)27)20-15(10-13-6-5-7-13)31-22(40-20)21-32-17(39-33-21)11-24(2,3)23(35)38-4/h8-9,12-13,34H,5-7,10-11H2,1-4H3/t12-/m0/s1. The normalized spacial score (nSPS) is 15.5. The Hall–Kier alpha value is -2.26. The summed E-state index contributed by atoms with van der Waals surface area (Å²) < 4.78 is 76.2. The number of aromatic nitrogens is 3. The van der Waals surface area contributed by atoms with Crippen LogP contribution in [0.5, 0.6) is 0 Å². The molecule has 224 valence electrons. The van der Waals surface area contributed by atoms with Gasteiger partial charge in [-0.15, -0.1) is 11.3 Å². The van der Waals surface area contributed by atoms with Gasteiger partial charge in [0, 0.05) is 12.0 Å².